The fraction of sp³-hybridized carbons (Fsp3) is 0.385. The number of hydrogen-bond acceptors (Lipinski definition) is 2. The van der Waals surface area contributed by atoms with E-state index in [1.807, 2.05) is 39.0 Å². The maximum Gasteiger partial charge on any atom is 0.168 e. The van der Waals surface area contributed by atoms with E-state index in [9.17, 15) is 4.79 Å². The number of halogens is 1. The van der Waals surface area contributed by atoms with Crippen LogP contribution in [-0.4, -0.2) is 5.78 Å². The third-order valence-electron chi connectivity index (χ3n) is 2.26. The molecule has 0 bridgehead atoms. The molecule has 1 rings (SSSR count). The zero-order chi connectivity index (χ0) is 12.3. The second kappa shape index (κ2) is 4.96. The summed E-state index contributed by atoms with van der Waals surface area (Å²) in [4.78, 5) is 12.0. The number of nitriles is 1. The lowest BCUT2D eigenvalue weighted by Gasteiger charge is -2.17. The molecule has 84 valence electrons. The van der Waals surface area contributed by atoms with Gasteiger partial charge in [0, 0.05) is 14.5 Å². The molecule has 0 unspecified atom stereocenters. The zero-order valence-electron chi connectivity index (χ0n) is 9.67. The Labute approximate surface area is 110 Å². The van der Waals surface area contributed by atoms with Crippen LogP contribution in [0.15, 0.2) is 18.2 Å². The number of carbonyl (C=O) groups excluding carboxylic acids is 1. The summed E-state index contributed by atoms with van der Waals surface area (Å²) >= 11 is 2.18. The molecule has 0 aliphatic heterocycles. The van der Waals surface area contributed by atoms with Crippen molar-refractivity contribution in [2.75, 3.05) is 0 Å². The summed E-state index contributed by atoms with van der Waals surface area (Å²) in [6, 6.07) is 7.67. The predicted octanol–water partition coefficient (Wildman–Crippen LogP) is 3.59. The third kappa shape index (κ3) is 3.05. The minimum atomic E-state index is -0.378. The van der Waals surface area contributed by atoms with Crippen LogP contribution in [0.1, 0.15) is 36.7 Å². The Morgan fingerprint density at radius 2 is 2.06 bits per heavy atom. The maximum atomic E-state index is 12.0. The molecule has 0 atom stereocenters. The second-order valence-electron chi connectivity index (χ2n) is 4.72. The molecule has 1 aromatic carbocycles. The third-order valence-corrected chi connectivity index (χ3v) is 3.31. The highest BCUT2D eigenvalue weighted by Crippen LogP contribution is 2.23. The van der Waals surface area contributed by atoms with Gasteiger partial charge in [-0.25, -0.2) is 0 Å². The molecule has 0 saturated heterocycles. The van der Waals surface area contributed by atoms with E-state index in [2.05, 4.69) is 28.7 Å². The number of carbonyl (C=O) groups is 1. The van der Waals surface area contributed by atoms with E-state index >= 15 is 0 Å². The van der Waals surface area contributed by atoms with Crippen molar-refractivity contribution in [3.05, 3.63) is 32.9 Å². The molecule has 0 saturated carbocycles. The Bertz CT molecular complexity index is 452. The zero-order valence-corrected chi connectivity index (χ0v) is 11.8. The van der Waals surface area contributed by atoms with Crippen molar-refractivity contribution in [2.45, 2.75) is 27.2 Å². The molecule has 0 fully saturated rings. The molecule has 0 spiro atoms. The van der Waals surface area contributed by atoms with Gasteiger partial charge in [0.1, 0.15) is 0 Å². The Balaban J connectivity index is 3.14. The lowest BCUT2D eigenvalue weighted by Crippen LogP contribution is -2.20. The number of rotatable bonds is 2. The first-order valence-corrected chi connectivity index (χ1v) is 6.14. The molecular weight excluding hydrogens is 313 g/mol. The summed E-state index contributed by atoms with van der Waals surface area (Å²) < 4.78 is 1.03. The molecule has 0 aliphatic rings. The minimum Gasteiger partial charge on any atom is -0.294 e. The summed E-state index contributed by atoms with van der Waals surface area (Å²) in [6.07, 6.45) is 0.351. The van der Waals surface area contributed by atoms with Gasteiger partial charge < -0.3 is 0 Å². The molecular formula is C13H14INO. The summed E-state index contributed by atoms with van der Waals surface area (Å²) in [5.41, 5.74) is 1.24. The van der Waals surface area contributed by atoms with Crippen LogP contribution in [0.25, 0.3) is 0 Å². The van der Waals surface area contributed by atoms with E-state index in [1.165, 1.54) is 0 Å². The average Bonchev–Trinajstić information content (AvgIpc) is 2.19. The molecule has 2 nitrogen and oxygen atoms in total. The SMILES string of the molecule is CC(C)(C)C(=O)c1ccc(I)c(CC#N)c1. The first kappa shape index (κ1) is 13.2. The molecule has 0 aliphatic carbocycles. The van der Waals surface area contributed by atoms with Gasteiger partial charge in [-0.3, -0.25) is 4.79 Å². The number of ketones is 1. The van der Waals surface area contributed by atoms with Gasteiger partial charge in [-0.15, -0.1) is 0 Å². The van der Waals surface area contributed by atoms with Gasteiger partial charge in [0.2, 0.25) is 0 Å². The smallest absolute Gasteiger partial charge is 0.168 e. The molecule has 3 heteroatoms. The van der Waals surface area contributed by atoms with Crippen LogP contribution in [0.3, 0.4) is 0 Å². The molecule has 16 heavy (non-hydrogen) atoms. The average molecular weight is 327 g/mol. The quantitative estimate of drug-likeness (QED) is 0.615. The van der Waals surface area contributed by atoms with Crippen molar-refractivity contribution < 1.29 is 4.79 Å². The Morgan fingerprint density at radius 1 is 1.44 bits per heavy atom. The fourth-order valence-electron chi connectivity index (χ4n) is 1.37. The van der Waals surface area contributed by atoms with Gasteiger partial charge in [-0.1, -0.05) is 26.8 Å². The lowest BCUT2D eigenvalue weighted by molar-refractivity contribution is 0.0858. The molecule has 0 heterocycles. The monoisotopic (exact) mass is 327 g/mol. The van der Waals surface area contributed by atoms with Crippen molar-refractivity contribution in [3.8, 4) is 6.07 Å². The van der Waals surface area contributed by atoms with Crippen LogP contribution in [0.5, 0.6) is 0 Å². The topological polar surface area (TPSA) is 40.9 Å². The molecule has 0 amide bonds. The van der Waals surface area contributed by atoms with E-state index in [1.54, 1.807) is 0 Å². The van der Waals surface area contributed by atoms with Crippen LogP contribution in [-0.2, 0) is 6.42 Å². The number of benzene rings is 1. The predicted molar refractivity (Wildman–Crippen MR) is 72.3 cm³/mol. The highest BCUT2D eigenvalue weighted by molar-refractivity contribution is 14.1. The summed E-state index contributed by atoms with van der Waals surface area (Å²) in [7, 11) is 0. The van der Waals surface area contributed by atoms with Crippen LogP contribution in [0.2, 0.25) is 0 Å². The van der Waals surface area contributed by atoms with E-state index in [0.29, 0.717) is 12.0 Å². The summed E-state index contributed by atoms with van der Waals surface area (Å²) in [5.74, 6) is 0.114. The molecule has 0 N–H and O–H groups in total. The van der Waals surface area contributed by atoms with Gasteiger partial charge in [0.25, 0.3) is 0 Å². The largest absolute Gasteiger partial charge is 0.294 e. The highest BCUT2D eigenvalue weighted by Gasteiger charge is 2.23. The molecule has 0 radical (unpaired) electrons. The Hall–Kier alpha value is -0.890. The highest BCUT2D eigenvalue weighted by atomic mass is 127. The molecule has 0 aromatic heterocycles. The van der Waals surface area contributed by atoms with E-state index in [4.69, 9.17) is 5.26 Å². The number of nitrogens with zero attached hydrogens (tertiary/aromatic N) is 1. The van der Waals surface area contributed by atoms with Crippen molar-refractivity contribution in [1.82, 2.24) is 0 Å². The normalized spacial score (nSPS) is 10.9. The maximum absolute atomic E-state index is 12.0. The van der Waals surface area contributed by atoms with Gasteiger partial charge in [-0.05, 0) is 40.3 Å². The first-order chi connectivity index (χ1) is 7.36. The van der Waals surface area contributed by atoms with Crippen molar-refractivity contribution in [1.29, 1.82) is 5.26 Å². The van der Waals surface area contributed by atoms with Crippen LogP contribution in [0.4, 0.5) is 0 Å². The minimum absolute atomic E-state index is 0.114. The number of Topliss-reactive ketones (excluding diaryl/α,β-unsaturated/α-hetero) is 1. The molecule has 1 aromatic rings. The Kier molecular flexibility index (Phi) is 4.09. The van der Waals surface area contributed by atoms with Gasteiger partial charge >= 0.3 is 0 Å². The van der Waals surface area contributed by atoms with Crippen LogP contribution < -0.4 is 0 Å². The van der Waals surface area contributed by atoms with Crippen LogP contribution >= 0.6 is 22.6 Å². The van der Waals surface area contributed by atoms with Crippen molar-refractivity contribution in [3.63, 3.8) is 0 Å². The first-order valence-electron chi connectivity index (χ1n) is 5.06. The lowest BCUT2D eigenvalue weighted by atomic mass is 9.86. The van der Waals surface area contributed by atoms with Crippen molar-refractivity contribution >= 4 is 28.4 Å². The summed E-state index contributed by atoms with van der Waals surface area (Å²) in [5, 5.41) is 8.70. The van der Waals surface area contributed by atoms with E-state index in [0.717, 1.165) is 9.13 Å². The number of hydrogen-bond donors (Lipinski definition) is 0. The Morgan fingerprint density at radius 3 is 2.56 bits per heavy atom. The standard InChI is InChI=1S/C13H14INO/c1-13(2,3)12(16)10-4-5-11(14)9(8-10)6-7-15/h4-5,8H,6H2,1-3H3. The van der Waals surface area contributed by atoms with Gasteiger partial charge in [0.15, 0.2) is 5.78 Å². The second-order valence-corrected chi connectivity index (χ2v) is 5.88. The van der Waals surface area contributed by atoms with Gasteiger partial charge in [-0.2, -0.15) is 5.26 Å². The van der Waals surface area contributed by atoms with Gasteiger partial charge in [0.05, 0.1) is 12.5 Å². The van der Waals surface area contributed by atoms with Crippen LogP contribution in [0, 0.1) is 20.3 Å². The van der Waals surface area contributed by atoms with Crippen molar-refractivity contribution in [2.24, 2.45) is 5.41 Å². The summed E-state index contributed by atoms with van der Waals surface area (Å²) in [6.45, 7) is 5.70. The van der Waals surface area contributed by atoms with E-state index in [-0.39, 0.29) is 11.2 Å². The fourth-order valence-corrected chi connectivity index (χ4v) is 1.90. The van der Waals surface area contributed by atoms with E-state index < -0.39 is 0 Å².